The average Bonchev–Trinajstić information content (AvgIpc) is 2.72. The molecule has 0 amide bonds. The van der Waals surface area contributed by atoms with Crippen LogP contribution in [0.4, 0.5) is 0 Å². The third kappa shape index (κ3) is 2.80. The lowest BCUT2D eigenvalue weighted by molar-refractivity contribution is 0.0692. The van der Waals surface area contributed by atoms with E-state index in [2.05, 4.69) is 4.98 Å². The zero-order valence-corrected chi connectivity index (χ0v) is 11.1. The van der Waals surface area contributed by atoms with Crippen molar-refractivity contribution in [1.29, 1.82) is 0 Å². The van der Waals surface area contributed by atoms with Crippen molar-refractivity contribution in [1.82, 2.24) is 4.98 Å². The lowest BCUT2D eigenvalue weighted by Crippen LogP contribution is -2.03. The standard InChI is InChI=1S/C12H10ClNO3S/c1-7-14-5-8(18-7)6-17-10-4-2-3-9(13)11(10)12(15)16/h2-5H,6H2,1H3,(H,15,16). The van der Waals surface area contributed by atoms with Gasteiger partial charge in [-0.2, -0.15) is 0 Å². The molecule has 1 aromatic heterocycles. The van der Waals surface area contributed by atoms with Crippen molar-refractivity contribution in [3.05, 3.63) is 44.9 Å². The van der Waals surface area contributed by atoms with Crippen molar-refractivity contribution in [2.24, 2.45) is 0 Å². The van der Waals surface area contributed by atoms with E-state index in [1.54, 1.807) is 18.3 Å². The van der Waals surface area contributed by atoms with Gasteiger partial charge in [0.05, 0.1) is 14.9 Å². The summed E-state index contributed by atoms with van der Waals surface area (Å²) < 4.78 is 5.48. The number of ether oxygens (including phenoxy) is 1. The molecule has 0 saturated heterocycles. The first-order chi connectivity index (χ1) is 8.58. The number of aromatic carboxylic acids is 1. The topological polar surface area (TPSA) is 59.4 Å². The maximum absolute atomic E-state index is 11.1. The van der Waals surface area contributed by atoms with E-state index in [9.17, 15) is 4.79 Å². The van der Waals surface area contributed by atoms with Crippen LogP contribution in [0.25, 0.3) is 0 Å². The van der Waals surface area contributed by atoms with E-state index >= 15 is 0 Å². The van der Waals surface area contributed by atoms with E-state index in [4.69, 9.17) is 21.4 Å². The molecule has 0 radical (unpaired) electrons. The van der Waals surface area contributed by atoms with E-state index in [0.29, 0.717) is 0 Å². The number of aryl methyl sites for hydroxylation is 1. The predicted octanol–water partition coefficient (Wildman–Crippen LogP) is 3.38. The molecule has 0 atom stereocenters. The molecule has 1 N–H and O–H groups in total. The Kier molecular flexibility index (Phi) is 3.84. The van der Waals surface area contributed by atoms with Crippen molar-refractivity contribution >= 4 is 28.9 Å². The summed E-state index contributed by atoms with van der Waals surface area (Å²) >= 11 is 7.35. The normalized spacial score (nSPS) is 10.3. The van der Waals surface area contributed by atoms with Gasteiger partial charge in [-0.25, -0.2) is 9.78 Å². The largest absolute Gasteiger partial charge is 0.487 e. The van der Waals surface area contributed by atoms with Crippen LogP contribution in [0.2, 0.25) is 5.02 Å². The van der Waals surface area contributed by atoms with Gasteiger partial charge in [-0.3, -0.25) is 0 Å². The second kappa shape index (κ2) is 5.37. The summed E-state index contributed by atoms with van der Waals surface area (Å²) in [6.07, 6.45) is 1.71. The van der Waals surface area contributed by atoms with Gasteiger partial charge in [0.1, 0.15) is 17.9 Å². The molecule has 6 heteroatoms. The summed E-state index contributed by atoms with van der Waals surface area (Å²) in [7, 11) is 0. The summed E-state index contributed by atoms with van der Waals surface area (Å²) in [5.41, 5.74) is -0.0135. The Labute approximate surface area is 113 Å². The highest BCUT2D eigenvalue weighted by atomic mass is 35.5. The van der Waals surface area contributed by atoms with Crippen molar-refractivity contribution in [2.75, 3.05) is 0 Å². The first-order valence-corrected chi connectivity index (χ1v) is 6.33. The lowest BCUT2D eigenvalue weighted by atomic mass is 10.2. The molecule has 0 bridgehead atoms. The van der Waals surface area contributed by atoms with Gasteiger partial charge >= 0.3 is 5.97 Å². The Balaban J connectivity index is 2.19. The molecule has 0 fully saturated rings. The molecular formula is C12H10ClNO3S. The first-order valence-electron chi connectivity index (χ1n) is 5.14. The van der Waals surface area contributed by atoms with E-state index in [1.807, 2.05) is 6.92 Å². The highest BCUT2D eigenvalue weighted by Crippen LogP contribution is 2.27. The van der Waals surface area contributed by atoms with Crippen molar-refractivity contribution in [2.45, 2.75) is 13.5 Å². The lowest BCUT2D eigenvalue weighted by Gasteiger charge is -2.08. The highest BCUT2D eigenvalue weighted by Gasteiger charge is 2.15. The molecule has 1 heterocycles. The van der Waals surface area contributed by atoms with Crippen LogP contribution in [0.1, 0.15) is 20.2 Å². The number of hydrogen-bond donors (Lipinski definition) is 1. The summed E-state index contributed by atoms with van der Waals surface area (Å²) in [5.74, 6) is -0.836. The van der Waals surface area contributed by atoms with Gasteiger partial charge in [0.2, 0.25) is 0 Å². The maximum atomic E-state index is 11.1. The van der Waals surface area contributed by atoms with Crippen LogP contribution in [0.15, 0.2) is 24.4 Å². The second-order valence-electron chi connectivity index (χ2n) is 3.55. The SMILES string of the molecule is Cc1ncc(COc2cccc(Cl)c2C(=O)O)s1. The average molecular weight is 284 g/mol. The van der Waals surface area contributed by atoms with Gasteiger partial charge in [-0.05, 0) is 19.1 Å². The second-order valence-corrected chi connectivity index (χ2v) is 5.28. The number of rotatable bonds is 4. The fourth-order valence-corrected chi connectivity index (χ4v) is 2.41. The number of halogens is 1. The van der Waals surface area contributed by atoms with Crippen LogP contribution < -0.4 is 4.74 Å². The number of benzene rings is 1. The zero-order valence-electron chi connectivity index (χ0n) is 9.51. The number of aromatic nitrogens is 1. The van der Waals surface area contributed by atoms with Gasteiger partial charge < -0.3 is 9.84 Å². The molecule has 0 aliphatic carbocycles. The fourth-order valence-electron chi connectivity index (χ4n) is 1.45. The monoisotopic (exact) mass is 283 g/mol. The Bertz CT molecular complexity index is 582. The number of carboxylic acid groups (broad SMARTS) is 1. The Hall–Kier alpha value is -1.59. The van der Waals surface area contributed by atoms with Crippen LogP contribution in [-0.2, 0) is 6.61 Å². The number of nitrogens with zero attached hydrogens (tertiary/aromatic N) is 1. The van der Waals surface area contributed by atoms with Gasteiger partial charge in [0.15, 0.2) is 0 Å². The molecule has 2 rings (SSSR count). The third-order valence-electron chi connectivity index (χ3n) is 2.23. The van der Waals surface area contributed by atoms with Crippen molar-refractivity contribution < 1.29 is 14.6 Å². The third-order valence-corrected chi connectivity index (χ3v) is 3.43. The highest BCUT2D eigenvalue weighted by molar-refractivity contribution is 7.11. The summed E-state index contributed by atoms with van der Waals surface area (Å²) in [6, 6.07) is 4.76. The minimum absolute atomic E-state index is 0.0135. The molecule has 18 heavy (non-hydrogen) atoms. The van der Waals surface area contributed by atoms with E-state index in [1.165, 1.54) is 17.4 Å². The molecule has 94 valence electrons. The van der Waals surface area contributed by atoms with Crippen LogP contribution >= 0.6 is 22.9 Å². The van der Waals surface area contributed by atoms with E-state index in [0.717, 1.165) is 9.88 Å². The molecule has 0 saturated carbocycles. The number of hydrogen-bond acceptors (Lipinski definition) is 4. The molecule has 1 aromatic carbocycles. The van der Waals surface area contributed by atoms with Gasteiger partial charge in [-0.1, -0.05) is 17.7 Å². The van der Waals surface area contributed by atoms with Crippen LogP contribution in [-0.4, -0.2) is 16.1 Å². The summed E-state index contributed by atoms with van der Waals surface area (Å²) in [6.45, 7) is 2.18. The molecule has 0 aliphatic rings. The van der Waals surface area contributed by atoms with Crippen molar-refractivity contribution in [3.8, 4) is 5.75 Å². The Morgan fingerprint density at radius 3 is 2.94 bits per heavy atom. The van der Waals surface area contributed by atoms with E-state index in [-0.39, 0.29) is 22.9 Å². The molecule has 4 nitrogen and oxygen atoms in total. The molecule has 0 spiro atoms. The first kappa shape index (κ1) is 12.9. The minimum Gasteiger partial charge on any atom is -0.487 e. The van der Waals surface area contributed by atoms with E-state index < -0.39 is 5.97 Å². The zero-order chi connectivity index (χ0) is 13.1. The summed E-state index contributed by atoms with van der Waals surface area (Å²) in [5, 5.41) is 10.2. The number of thiazole rings is 1. The van der Waals surface area contributed by atoms with Gasteiger partial charge in [-0.15, -0.1) is 11.3 Å². The smallest absolute Gasteiger partial charge is 0.341 e. The number of carboxylic acids is 1. The maximum Gasteiger partial charge on any atom is 0.341 e. The number of carbonyl (C=O) groups is 1. The quantitative estimate of drug-likeness (QED) is 0.934. The molecule has 0 aliphatic heterocycles. The summed E-state index contributed by atoms with van der Waals surface area (Å²) in [4.78, 5) is 16.1. The van der Waals surface area contributed by atoms with Gasteiger partial charge in [0.25, 0.3) is 0 Å². The van der Waals surface area contributed by atoms with Crippen LogP contribution in [0, 0.1) is 6.92 Å². The molecule has 0 unspecified atom stereocenters. The van der Waals surface area contributed by atoms with Crippen LogP contribution in [0.5, 0.6) is 5.75 Å². The predicted molar refractivity (Wildman–Crippen MR) is 69.6 cm³/mol. The van der Waals surface area contributed by atoms with Crippen LogP contribution in [0.3, 0.4) is 0 Å². The fraction of sp³-hybridized carbons (Fsp3) is 0.167. The van der Waals surface area contributed by atoms with Crippen molar-refractivity contribution in [3.63, 3.8) is 0 Å². The Morgan fingerprint density at radius 1 is 1.56 bits per heavy atom. The minimum atomic E-state index is -1.10. The van der Waals surface area contributed by atoms with Gasteiger partial charge in [0, 0.05) is 6.20 Å². The molecular weight excluding hydrogens is 274 g/mol. The molecule has 2 aromatic rings. The Morgan fingerprint density at radius 2 is 2.33 bits per heavy atom.